The van der Waals surface area contributed by atoms with E-state index in [0.29, 0.717) is 31.8 Å². The second-order valence-corrected chi connectivity index (χ2v) is 9.80. The number of rotatable bonds is 1. The number of piperidine rings is 1. The van der Waals surface area contributed by atoms with Gasteiger partial charge in [0.2, 0.25) is 0 Å². The molecule has 2 fully saturated rings. The minimum Gasteiger partial charge on any atom is -0.491 e. The lowest BCUT2D eigenvalue weighted by Gasteiger charge is -2.40. The molecule has 2 unspecified atom stereocenters. The van der Waals surface area contributed by atoms with Crippen LogP contribution < -0.4 is 4.74 Å². The molecule has 2 aromatic carbocycles. The summed E-state index contributed by atoms with van der Waals surface area (Å²) in [5, 5.41) is 0. The second kappa shape index (κ2) is 7.54. The molecule has 2 bridgehead atoms. The van der Waals surface area contributed by atoms with Crippen LogP contribution >= 0.6 is 0 Å². The average Bonchev–Trinajstić information content (AvgIpc) is 3.18. The summed E-state index contributed by atoms with van der Waals surface area (Å²) in [4.78, 5) is 25.6. The number of carbonyl (C=O) groups is 1. The molecule has 6 rings (SSSR count). The van der Waals surface area contributed by atoms with E-state index < -0.39 is 0 Å². The van der Waals surface area contributed by atoms with E-state index in [1.54, 1.807) is 0 Å². The molecule has 3 aliphatic heterocycles. The van der Waals surface area contributed by atoms with E-state index in [1.165, 1.54) is 0 Å². The summed E-state index contributed by atoms with van der Waals surface area (Å²) in [5.74, 6) is 2.53. The van der Waals surface area contributed by atoms with Crippen molar-refractivity contribution in [1.29, 1.82) is 0 Å². The Kier molecular flexibility index (Phi) is 4.63. The summed E-state index contributed by atoms with van der Waals surface area (Å²) in [6.45, 7) is 6.07. The summed E-state index contributed by atoms with van der Waals surface area (Å²) in [7, 11) is 0. The Morgan fingerprint density at radius 3 is 2.66 bits per heavy atom. The molecular weight excluding hydrogens is 400 g/mol. The highest BCUT2D eigenvalue weighted by Gasteiger charge is 2.43. The first kappa shape index (κ1) is 19.6. The highest BCUT2D eigenvalue weighted by atomic mass is 16.5. The van der Waals surface area contributed by atoms with Crippen LogP contribution in [-0.2, 0) is 6.54 Å². The highest BCUT2D eigenvalue weighted by molar-refractivity contribution is 5.82. The molecule has 0 aliphatic carbocycles. The number of carbonyl (C=O) groups excluding carboxylic acids is 1. The third-order valence-electron chi connectivity index (χ3n) is 7.43. The van der Waals surface area contributed by atoms with Gasteiger partial charge < -0.3 is 19.5 Å². The molecule has 6 nitrogen and oxygen atoms in total. The van der Waals surface area contributed by atoms with Gasteiger partial charge in [-0.1, -0.05) is 19.1 Å². The Morgan fingerprint density at radius 2 is 1.84 bits per heavy atom. The van der Waals surface area contributed by atoms with Crippen LogP contribution in [-0.4, -0.2) is 51.0 Å². The van der Waals surface area contributed by atoms with E-state index >= 15 is 0 Å². The number of nitrogens with zero attached hydrogens (tertiary/aromatic N) is 3. The van der Waals surface area contributed by atoms with Gasteiger partial charge >= 0.3 is 6.03 Å². The van der Waals surface area contributed by atoms with Crippen LogP contribution in [0.1, 0.15) is 44.0 Å². The maximum absolute atomic E-state index is 13.6. The third kappa shape index (κ3) is 3.33. The van der Waals surface area contributed by atoms with Crippen molar-refractivity contribution in [2.75, 3.05) is 13.2 Å². The molecule has 0 saturated carbocycles. The highest BCUT2D eigenvalue weighted by Crippen LogP contribution is 2.39. The number of amides is 2. The summed E-state index contributed by atoms with van der Waals surface area (Å²) < 4.78 is 6.04. The molecule has 2 atom stereocenters. The number of hydrogen-bond acceptors (Lipinski definition) is 3. The molecular formula is C26H30N4O2. The molecule has 0 spiro atoms. The average molecular weight is 431 g/mol. The van der Waals surface area contributed by atoms with Gasteiger partial charge in [-0.2, -0.15) is 0 Å². The lowest BCUT2D eigenvalue weighted by Crippen LogP contribution is -2.52. The largest absolute Gasteiger partial charge is 0.491 e. The summed E-state index contributed by atoms with van der Waals surface area (Å²) in [6, 6.07) is 13.7. The quantitative estimate of drug-likeness (QED) is 0.583. The molecule has 4 heterocycles. The fourth-order valence-electron chi connectivity index (χ4n) is 5.98. The molecule has 2 amide bonds. The number of H-pyrrole nitrogens is 1. The van der Waals surface area contributed by atoms with Crippen molar-refractivity contribution in [1.82, 2.24) is 19.8 Å². The van der Waals surface area contributed by atoms with Gasteiger partial charge in [-0.3, -0.25) is 0 Å². The van der Waals surface area contributed by atoms with Gasteiger partial charge in [0.1, 0.15) is 18.2 Å². The van der Waals surface area contributed by atoms with Gasteiger partial charge in [0.05, 0.1) is 24.1 Å². The van der Waals surface area contributed by atoms with E-state index in [4.69, 9.17) is 4.74 Å². The maximum Gasteiger partial charge on any atom is 0.320 e. The fraction of sp³-hybridized carbons (Fsp3) is 0.462. The molecule has 0 radical (unpaired) electrons. The summed E-state index contributed by atoms with van der Waals surface area (Å²) >= 11 is 0. The first-order valence-corrected chi connectivity index (χ1v) is 11.8. The maximum atomic E-state index is 13.6. The van der Waals surface area contributed by atoms with Gasteiger partial charge in [-0.25, -0.2) is 9.78 Å². The van der Waals surface area contributed by atoms with Crippen LogP contribution in [0.25, 0.3) is 22.2 Å². The fourth-order valence-corrected chi connectivity index (χ4v) is 5.98. The van der Waals surface area contributed by atoms with Gasteiger partial charge in [-0.05, 0) is 73.9 Å². The molecule has 32 heavy (non-hydrogen) atoms. The number of benzene rings is 2. The topological polar surface area (TPSA) is 61.5 Å². The van der Waals surface area contributed by atoms with E-state index in [2.05, 4.69) is 52.1 Å². The number of imidazole rings is 1. The predicted octanol–water partition coefficient (Wildman–Crippen LogP) is 5.12. The zero-order valence-electron chi connectivity index (χ0n) is 18.8. The summed E-state index contributed by atoms with van der Waals surface area (Å²) in [6.07, 6.45) is 4.59. The molecule has 3 aliphatic rings. The number of aromatic nitrogens is 2. The van der Waals surface area contributed by atoms with E-state index in [9.17, 15) is 4.79 Å². The molecule has 3 aromatic rings. The normalized spacial score (nSPS) is 24.9. The van der Waals surface area contributed by atoms with Crippen molar-refractivity contribution < 1.29 is 9.53 Å². The molecule has 6 heteroatoms. The van der Waals surface area contributed by atoms with Gasteiger partial charge in [0.25, 0.3) is 0 Å². The zero-order chi connectivity index (χ0) is 21.8. The minimum absolute atomic E-state index is 0.195. The van der Waals surface area contributed by atoms with E-state index in [-0.39, 0.29) is 6.03 Å². The smallest absolute Gasteiger partial charge is 0.320 e. The number of nitrogens with one attached hydrogen (secondary N) is 1. The van der Waals surface area contributed by atoms with Crippen molar-refractivity contribution in [2.24, 2.45) is 5.92 Å². The first-order valence-electron chi connectivity index (χ1n) is 11.8. The van der Waals surface area contributed by atoms with Gasteiger partial charge in [-0.15, -0.1) is 0 Å². The van der Waals surface area contributed by atoms with E-state index in [1.807, 2.05) is 17.9 Å². The first-order chi connectivity index (χ1) is 15.5. The Labute approximate surface area is 188 Å². The van der Waals surface area contributed by atoms with Crippen molar-refractivity contribution in [3.63, 3.8) is 0 Å². The Hall–Kier alpha value is -3.02. The lowest BCUT2D eigenvalue weighted by atomic mass is 9.93. The summed E-state index contributed by atoms with van der Waals surface area (Å²) in [5.41, 5.74) is 5.35. The van der Waals surface area contributed by atoms with Crippen LogP contribution in [0.4, 0.5) is 4.79 Å². The second-order valence-electron chi connectivity index (χ2n) is 9.80. The Morgan fingerprint density at radius 1 is 1.09 bits per heavy atom. The van der Waals surface area contributed by atoms with Crippen molar-refractivity contribution in [3.05, 3.63) is 47.8 Å². The minimum atomic E-state index is 0.195. The lowest BCUT2D eigenvalue weighted by molar-refractivity contribution is 0.0927. The van der Waals surface area contributed by atoms with Crippen LogP contribution in [0.2, 0.25) is 0 Å². The molecule has 1 aromatic heterocycles. The van der Waals surface area contributed by atoms with Crippen molar-refractivity contribution in [3.8, 4) is 16.9 Å². The number of hydrogen-bond donors (Lipinski definition) is 1. The zero-order valence-corrected chi connectivity index (χ0v) is 18.8. The van der Waals surface area contributed by atoms with Crippen LogP contribution in [0, 0.1) is 12.8 Å². The molecule has 166 valence electrons. The van der Waals surface area contributed by atoms with Crippen molar-refractivity contribution >= 4 is 17.1 Å². The standard InChI is InChI=1S/C26H30N4O2/c1-16-11-21-5-6-22(12-16)30(21)26(31)29-9-10-32-25-8-4-18(13-20(25)15-29)19-3-7-23-24(14-19)28-17(2)27-23/h3-4,7-8,13-14,16,21-22H,5-6,9-12,15H2,1-2H3,(H,27,28). The Bertz CT molecular complexity index is 1170. The predicted molar refractivity (Wildman–Crippen MR) is 125 cm³/mol. The van der Waals surface area contributed by atoms with Gasteiger partial charge in [0, 0.05) is 17.6 Å². The van der Waals surface area contributed by atoms with E-state index in [0.717, 1.165) is 70.9 Å². The third-order valence-corrected chi connectivity index (χ3v) is 7.43. The number of fused-ring (bicyclic) bond motifs is 4. The van der Waals surface area contributed by atoms with Gasteiger partial charge in [0.15, 0.2) is 0 Å². The van der Waals surface area contributed by atoms with Crippen LogP contribution in [0.3, 0.4) is 0 Å². The number of aromatic amines is 1. The number of urea groups is 1. The number of aryl methyl sites for hydroxylation is 1. The van der Waals surface area contributed by atoms with Crippen LogP contribution in [0.5, 0.6) is 5.75 Å². The monoisotopic (exact) mass is 430 g/mol. The van der Waals surface area contributed by atoms with Crippen molar-refractivity contribution in [2.45, 2.75) is 58.2 Å². The Balaban J connectivity index is 1.28. The molecule has 1 N–H and O–H groups in total. The van der Waals surface area contributed by atoms with Crippen LogP contribution in [0.15, 0.2) is 36.4 Å². The SMILES string of the molecule is Cc1nc2ccc(-c3ccc4c(c3)CN(C(=O)N3C5CCC3CC(C)C5)CCO4)cc2[nH]1. The molecule has 2 saturated heterocycles. The number of ether oxygens (including phenoxy) is 1.